The Labute approximate surface area is 77.0 Å². The second kappa shape index (κ2) is 5.83. The van der Waals surface area contributed by atoms with Crippen molar-refractivity contribution in [1.29, 1.82) is 0 Å². The lowest BCUT2D eigenvalue weighted by atomic mass is 10.2. The number of allylic oxidation sites excluding steroid dienone is 1. The van der Waals surface area contributed by atoms with E-state index in [0.717, 1.165) is 0 Å². The molecule has 0 unspecified atom stereocenters. The van der Waals surface area contributed by atoms with Crippen LogP contribution in [0.15, 0.2) is 30.9 Å². The highest BCUT2D eigenvalue weighted by atomic mass is 16.3. The zero-order valence-electron chi connectivity index (χ0n) is 7.40. The maximum atomic E-state index is 9.06. The quantitative estimate of drug-likeness (QED) is 0.511. The van der Waals surface area contributed by atoms with Crippen LogP contribution in [0.25, 0.3) is 0 Å². The maximum Gasteiger partial charge on any atom is 0.142 e. The van der Waals surface area contributed by atoms with Crippen LogP contribution in [-0.4, -0.2) is 16.5 Å². The van der Waals surface area contributed by atoms with Gasteiger partial charge in [0.15, 0.2) is 0 Å². The lowest BCUT2D eigenvalue weighted by Crippen LogP contribution is -1.73. The fourth-order valence-electron chi connectivity index (χ4n) is 0.612. The Morgan fingerprint density at radius 1 is 1.31 bits per heavy atom. The van der Waals surface area contributed by atoms with E-state index in [-0.39, 0.29) is 11.5 Å². The Balaban J connectivity index is 0.000000310. The summed E-state index contributed by atoms with van der Waals surface area (Å²) in [5.74, 6) is 0.269. The Morgan fingerprint density at radius 3 is 1.92 bits per heavy atom. The number of aldehydes is 1. The number of carbonyl (C=O) groups excluding carboxylic acids is 1. The number of phenolic OH excluding ortho intramolecular Hbond substituents is 2. The van der Waals surface area contributed by atoms with E-state index < -0.39 is 0 Å². The lowest BCUT2D eigenvalue weighted by molar-refractivity contribution is -0.104. The highest BCUT2D eigenvalue weighted by molar-refractivity contribution is 5.63. The molecular formula is C10H12O3. The van der Waals surface area contributed by atoms with Crippen LogP contribution in [0.4, 0.5) is 0 Å². The second-order valence-electron chi connectivity index (χ2n) is 2.29. The van der Waals surface area contributed by atoms with E-state index in [1.54, 1.807) is 13.0 Å². The third-order valence-corrected chi connectivity index (χ3v) is 1.37. The molecule has 3 heteroatoms. The normalized spacial score (nSPS) is 8.08. The van der Waals surface area contributed by atoms with Crippen LogP contribution in [0.2, 0.25) is 0 Å². The minimum atomic E-state index is 0.134. The van der Waals surface area contributed by atoms with Gasteiger partial charge in [0.2, 0.25) is 0 Å². The van der Waals surface area contributed by atoms with E-state index in [4.69, 9.17) is 15.0 Å². The minimum Gasteiger partial charge on any atom is -0.508 e. The molecule has 1 aromatic carbocycles. The van der Waals surface area contributed by atoms with Gasteiger partial charge in [0.1, 0.15) is 17.8 Å². The van der Waals surface area contributed by atoms with Crippen molar-refractivity contribution in [2.75, 3.05) is 0 Å². The summed E-state index contributed by atoms with van der Waals surface area (Å²) in [7, 11) is 0. The van der Waals surface area contributed by atoms with Gasteiger partial charge >= 0.3 is 0 Å². The predicted molar refractivity (Wildman–Crippen MR) is 50.8 cm³/mol. The number of hydrogen-bond acceptors (Lipinski definition) is 3. The molecule has 0 aromatic heterocycles. The number of aromatic hydroxyl groups is 2. The molecule has 1 aromatic rings. The molecule has 0 fully saturated rings. The molecule has 0 saturated heterocycles. The van der Waals surface area contributed by atoms with Gasteiger partial charge in [-0.15, -0.1) is 0 Å². The van der Waals surface area contributed by atoms with Crippen molar-refractivity contribution in [3.63, 3.8) is 0 Å². The molecule has 0 aliphatic carbocycles. The van der Waals surface area contributed by atoms with Crippen LogP contribution < -0.4 is 0 Å². The summed E-state index contributed by atoms with van der Waals surface area (Å²) in [6, 6.07) is 4.67. The third kappa shape index (κ3) is 3.96. The average Bonchev–Trinajstić information content (AvgIpc) is 2.14. The Morgan fingerprint density at radius 2 is 1.69 bits per heavy atom. The summed E-state index contributed by atoms with van der Waals surface area (Å²) in [4.78, 5) is 9.06. The largest absolute Gasteiger partial charge is 0.508 e. The first-order valence-corrected chi connectivity index (χ1v) is 3.67. The number of rotatable bonds is 1. The molecule has 13 heavy (non-hydrogen) atoms. The fourth-order valence-corrected chi connectivity index (χ4v) is 0.612. The smallest absolute Gasteiger partial charge is 0.142 e. The van der Waals surface area contributed by atoms with Crippen molar-refractivity contribution >= 4 is 6.29 Å². The van der Waals surface area contributed by atoms with Gasteiger partial charge in [-0.2, -0.15) is 0 Å². The second-order valence-corrected chi connectivity index (χ2v) is 2.29. The van der Waals surface area contributed by atoms with Gasteiger partial charge in [0.25, 0.3) is 0 Å². The Kier molecular flexibility index (Phi) is 5.03. The van der Waals surface area contributed by atoms with E-state index in [0.29, 0.717) is 11.8 Å². The van der Waals surface area contributed by atoms with Crippen molar-refractivity contribution in [1.82, 2.24) is 0 Å². The van der Waals surface area contributed by atoms with Crippen molar-refractivity contribution in [2.24, 2.45) is 0 Å². The maximum absolute atomic E-state index is 9.06. The van der Waals surface area contributed by atoms with Crippen LogP contribution in [-0.2, 0) is 4.79 Å². The zero-order valence-corrected chi connectivity index (χ0v) is 7.40. The van der Waals surface area contributed by atoms with Crippen LogP contribution in [0.5, 0.6) is 11.5 Å². The zero-order chi connectivity index (χ0) is 10.3. The molecular weight excluding hydrogens is 168 g/mol. The van der Waals surface area contributed by atoms with Gasteiger partial charge < -0.3 is 10.2 Å². The van der Waals surface area contributed by atoms with E-state index in [1.807, 2.05) is 0 Å². The number of hydrogen-bond donors (Lipinski definition) is 2. The van der Waals surface area contributed by atoms with Gasteiger partial charge in [-0.25, -0.2) is 0 Å². The van der Waals surface area contributed by atoms with Gasteiger partial charge in [-0.1, -0.05) is 12.6 Å². The van der Waals surface area contributed by atoms with E-state index in [9.17, 15) is 0 Å². The van der Waals surface area contributed by atoms with Gasteiger partial charge in [0.05, 0.1) is 0 Å². The van der Waals surface area contributed by atoms with Gasteiger partial charge in [-0.05, 0) is 25.1 Å². The van der Waals surface area contributed by atoms with Crippen LogP contribution in [0.1, 0.15) is 5.56 Å². The van der Waals surface area contributed by atoms with Crippen molar-refractivity contribution < 1.29 is 15.0 Å². The summed E-state index contributed by atoms with van der Waals surface area (Å²) in [6.45, 7) is 4.77. The standard InChI is InChI=1S/C7H8O2.C3H4O/c1-5-6(8)3-2-4-7(5)9;1-2-3-4/h2-4,8-9H,1H3;2-3H,1H2. The van der Waals surface area contributed by atoms with E-state index >= 15 is 0 Å². The molecule has 0 aliphatic heterocycles. The molecule has 0 radical (unpaired) electrons. The molecule has 0 spiro atoms. The highest BCUT2D eigenvalue weighted by Gasteiger charge is 1.97. The van der Waals surface area contributed by atoms with Crippen LogP contribution in [0.3, 0.4) is 0 Å². The SMILES string of the molecule is C=CC=O.Cc1c(O)cccc1O. The average molecular weight is 180 g/mol. The predicted octanol–water partition coefficient (Wildman–Crippen LogP) is 1.78. The molecule has 0 aliphatic rings. The summed E-state index contributed by atoms with van der Waals surface area (Å²) in [5.41, 5.74) is 0.525. The van der Waals surface area contributed by atoms with Crippen LogP contribution >= 0.6 is 0 Å². The molecule has 70 valence electrons. The molecule has 2 N–H and O–H groups in total. The summed E-state index contributed by atoms with van der Waals surface area (Å²) >= 11 is 0. The van der Waals surface area contributed by atoms with Crippen LogP contribution in [0, 0.1) is 6.92 Å². The lowest BCUT2D eigenvalue weighted by Gasteiger charge is -1.98. The van der Waals surface area contributed by atoms with E-state index in [2.05, 4.69) is 6.58 Å². The van der Waals surface area contributed by atoms with Gasteiger partial charge in [-0.3, -0.25) is 4.79 Å². The topological polar surface area (TPSA) is 57.5 Å². The molecule has 0 amide bonds. The third-order valence-electron chi connectivity index (χ3n) is 1.37. The molecule has 0 atom stereocenters. The summed E-state index contributed by atoms with van der Waals surface area (Å²) in [5, 5.41) is 17.9. The highest BCUT2D eigenvalue weighted by Crippen LogP contribution is 2.23. The number of benzene rings is 1. The monoisotopic (exact) mass is 180 g/mol. The Bertz CT molecular complexity index is 266. The van der Waals surface area contributed by atoms with Crippen molar-refractivity contribution in [3.05, 3.63) is 36.4 Å². The first-order chi connectivity index (χ1) is 6.13. The van der Waals surface area contributed by atoms with Crippen molar-refractivity contribution in [2.45, 2.75) is 6.92 Å². The van der Waals surface area contributed by atoms with E-state index in [1.165, 1.54) is 18.2 Å². The van der Waals surface area contributed by atoms with Gasteiger partial charge in [0, 0.05) is 5.56 Å². The summed E-state index contributed by atoms with van der Waals surface area (Å²) < 4.78 is 0. The Hall–Kier alpha value is -1.77. The summed E-state index contributed by atoms with van der Waals surface area (Å²) in [6.07, 6.45) is 1.83. The molecule has 0 saturated carbocycles. The fraction of sp³-hybridized carbons (Fsp3) is 0.100. The number of phenols is 2. The molecule has 3 nitrogen and oxygen atoms in total. The first kappa shape index (κ1) is 11.2. The molecule has 0 heterocycles. The van der Waals surface area contributed by atoms with Crippen molar-refractivity contribution in [3.8, 4) is 11.5 Å². The first-order valence-electron chi connectivity index (χ1n) is 3.67. The molecule has 1 rings (SSSR count). The molecule has 0 bridgehead atoms. The number of carbonyl (C=O) groups is 1. The minimum absolute atomic E-state index is 0.134.